The third kappa shape index (κ3) is 3.96. The van der Waals surface area contributed by atoms with E-state index in [4.69, 9.17) is 4.98 Å². The minimum absolute atomic E-state index is 0.502. The Morgan fingerprint density at radius 1 is 1.35 bits per heavy atom. The standard InChI is InChI=1S/C13H25N3S/c1-6-8-14-9-12-11(7-2)15-13(17-12)16(5)10(3)4/h10,14H,6-9H2,1-5H3. The summed E-state index contributed by atoms with van der Waals surface area (Å²) in [6.45, 7) is 10.8. The Bertz CT molecular complexity index is 333. The van der Waals surface area contributed by atoms with Crippen molar-refractivity contribution in [2.75, 3.05) is 18.5 Å². The smallest absolute Gasteiger partial charge is 0.185 e. The van der Waals surface area contributed by atoms with E-state index in [-0.39, 0.29) is 0 Å². The molecule has 1 aromatic heterocycles. The van der Waals surface area contributed by atoms with Crippen LogP contribution in [-0.2, 0) is 13.0 Å². The van der Waals surface area contributed by atoms with E-state index in [0.717, 1.165) is 24.6 Å². The minimum Gasteiger partial charge on any atom is -0.349 e. The van der Waals surface area contributed by atoms with E-state index in [2.05, 4.69) is 45.0 Å². The van der Waals surface area contributed by atoms with Crippen molar-refractivity contribution in [2.45, 2.75) is 53.1 Å². The summed E-state index contributed by atoms with van der Waals surface area (Å²) < 4.78 is 0. The highest BCUT2D eigenvalue weighted by atomic mass is 32.1. The van der Waals surface area contributed by atoms with Crippen LogP contribution in [0.2, 0.25) is 0 Å². The summed E-state index contributed by atoms with van der Waals surface area (Å²) in [7, 11) is 2.12. The second-order valence-electron chi connectivity index (χ2n) is 4.60. The maximum Gasteiger partial charge on any atom is 0.185 e. The van der Waals surface area contributed by atoms with E-state index >= 15 is 0 Å². The molecule has 1 aromatic rings. The minimum atomic E-state index is 0.502. The summed E-state index contributed by atoms with van der Waals surface area (Å²) >= 11 is 1.82. The highest BCUT2D eigenvalue weighted by molar-refractivity contribution is 7.15. The fraction of sp³-hybridized carbons (Fsp3) is 0.769. The average Bonchev–Trinajstić information content (AvgIpc) is 2.71. The molecule has 0 atom stereocenters. The molecule has 3 nitrogen and oxygen atoms in total. The second kappa shape index (κ2) is 6.97. The summed E-state index contributed by atoms with van der Waals surface area (Å²) in [6.07, 6.45) is 2.20. The average molecular weight is 255 g/mol. The zero-order valence-corrected chi connectivity index (χ0v) is 12.5. The topological polar surface area (TPSA) is 28.2 Å². The second-order valence-corrected chi connectivity index (χ2v) is 5.66. The third-order valence-electron chi connectivity index (χ3n) is 2.89. The summed E-state index contributed by atoms with van der Waals surface area (Å²) in [5, 5.41) is 4.60. The van der Waals surface area contributed by atoms with Crippen LogP contribution in [0, 0.1) is 0 Å². The molecule has 0 aliphatic carbocycles. The van der Waals surface area contributed by atoms with Crippen molar-refractivity contribution in [2.24, 2.45) is 0 Å². The molecule has 0 radical (unpaired) electrons. The maximum absolute atomic E-state index is 4.73. The molecule has 0 fully saturated rings. The molecule has 98 valence electrons. The molecule has 4 heteroatoms. The van der Waals surface area contributed by atoms with Crippen molar-refractivity contribution in [3.63, 3.8) is 0 Å². The van der Waals surface area contributed by atoms with E-state index < -0.39 is 0 Å². The SMILES string of the molecule is CCCNCc1sc(N(C)C(C)C)nc1CC. The van der Waals surface area contributed by atoms with Crippen LogP contribution in [0.25, 0.3) is 0 Å². The summed E-state index contributed by atoms with van der Waals surface area (Å²) in [5.74, 6) is 0. The van der Waals surface area contributed by atoms with Gasteiger partial charge in [0.1, 0.15) is 0 Å². The molecule has 0 amide bonds. The lowest BCUT2D eigenvalue weighted by atomic mass is 10.3. The third-order valence-corrected chi connectivity index (χ3v) is 4.08. The van der Waals surface area contributed by atoms with Gasteiger partial charge in [-0.1, -0.05) is 13.8 Å². The van der Waals surface area contributed by atoms with Gasteiger partial charge in [-0.05, 0) is 33.2 Å². The van der Waals surface area contributed by atoms with E-state index in [9.17, 15) is 0 Å². The molecule has 1 rings (SSSR count). The lowest BCUT2D eigenvalue weighted by Gasteiger charge is -2.19. The molecular formula is C13H25N3S. The number of aromatic nitrogens is 1. The Morgan fingerprint density at radius 2 is 2.06 bits per heavy atom. The lowest BCUT2D eigenvalue weighted by Crippen LogP contribution is -2.25. The van der Waals surface area contributed by atoms with Crippen LogP contribution in [0.5, 0.6) is 0 Å². The Morgan fingerprint density at radius 3 is 2.59 bits per heavy atom. The number of nitrogens with zero attached hydrogens (tertiary/aromatic N) is 2. The summed E-state index contributed by atoms with van der Waals surface area (Å²) in [5.41, 5.74) is 1.25. The molecule has 0 aliphatic heterocycles. The molecule has 0 bridgehead atoms. The van der Waals surface area contributed by atoms with Gasteiger partial charge < -0.3 is 10.2 Å². The van der Waals surface area contributed by atoms with Gasteiger partial charge in [0, 0.05) is 24.5 Å². The van der Waals surface area contributed by atoms with Crippen LogP contribution in [0.4, 0.5) is 5.13 Å². The van der Waals surface area contributed by atoms with Crippen LogP contribution in [0.15, 0.2) is 0 Å². The first-order chi connectivity index (χ1) is 8.10. The maximum atomic E-state index is 4.73. The Kier molecular flexibility index (Phi) is 5.92. The normalized spacial score (nSPS) is 11.2. The molecule has 0 unspecified atom stereocenters. The zero-order chi connectivity index (χ0) is 12.8. The van der Waals surface area contributed by atoms with Gasteiger partial charge in [0.15, 0.2) is 5.13 Å². The first-order valence-corrected chi connectivity index (χ1v) is 7.33. The number of hydrogen-bond acceptors (Lipinski definition) is 4. The van der Waals surface area contributed by atoms with E-state index in [0.29, 0.717) is 6.04 Å². The number of anilines is 1. The molecule has 17 heavy (non-hydrogen) atoms. The molecule has 1 N–H and O–H groups in total. The van der Waals surface area contributed by atoms with E-state index in [1.807, 2.05) is 11.3 Å². The number of hydrogen-bond donors (Lipinski definition) is 1. The number of thiazole rings is 1. The highest BCUT2D eigenvalue weighted by Crippen LogP contribution is 2.27. The van der Waals surface area contributed by atoms with Crippen LogP contribution in [0.3, 0.4) is 0 Å². The van der Waals surface area contributed by atoms with Gasteiger partial charge in [-0.3, -0.25) is 0 Å². The van der Waals surface area contributed by atoms with Crippen molar-refractivity contribution < 1.29 is 0 Å². The summed E-state index contributed by atoms with van der Waals surface area (Å²) in [6, 6.07) is 0.502. The zero-order valence-electron chi connectivity index (χ0n) is 11.7. The van der Waals surface area contributed by atoms with Gasteiger partial charge in [0.2, 0.25) is 0 Å². The van der Waals surface area contributed by atoms with Gasteiger partial charge in [0.05, 0.1) is 5.69 Å². The largest absolute Gasteiger partial charge is 0.349 e. The van der Waals surface area contributed by atoms with Gasteiger partial charge in [0.25, 0.3) is 0 Å². The fourth-order valence-electron chi connectivity index (χ4n) is 1.53. The van der Waals surface area contributed by atoms with E-state index in [1.165, 1.54) is 17.0 Å². The molecule has 1 heterocycles. The molecule has 0 saturated heterocycles. The molecular weight excluding hydrogens is 230 g/mol. The molecule has 0 spiro atoms. The van der Waals surface area contributed by atoms with Gasteiger partial charge in [-0.25, -0.2) is 4.98 Å². The monoisotopic (exact) mass is 255 g/mol. The first-order valence-electron chi connectivity index (χ1n) is 6.52. The van der Waals surface area contributed by atoms with Crippen LogP contribution >= 0.6 is 11.3 Å². The van der Waals surface area contributed by atoms with Crippen molar-refractivity contribution >= 4 is 16.5 Å². The lowest BCUT2D eigenvalue weighted by molar-refractivity contribution is 0.676. The Balaban J connectivity index is 2.75. The quantitative estimate of drug-likeness (QED) is 0.759. The van der Waals surface area contributed by atoms with Crippen molar-refractivity contribution in [1.82, 2.24) is 10.3 Å². The van der Waals surface area contributed by atoms with Gasteiger partial charge in [-0.15, -0.1) is 11.3 Å². The number of rotatable bonds is 7. The molecule has 0 aliphatic rings. The van der Waals surface area contributed by atoms with Crippen molar-refractivity contribution in [3.05, 3.63) is 10.6 Å². The van der Waals surface area contributed by atoms with Gasteiger partial charge in [-0.2, -0.15) is 0 Å². The van der Waals surface area contributed by atoms with Crippen molar-refractivity contribution in [1.29, 1.82) is 0 Å². The van der Waals surface area contributed by atoms with Crippen LogP contribution in [-0.4, -0.2) is 24.6 Å². The predicted molar refractivity (Wildman–Crippen MR) is 77.0 cm³/mol. The Hall–Kier alpha value is -0.610. The Labute approximate surface area is 109 Å². The highest BCUT2D eigenvalue weighted by Gasteiger charge is 2.14. The molecule has 0 saturated carbocycles. The predicted octanol–water partition coefficient (Wildman–Crippen LogP) is 3.05. The van der Waals surface area contributed by atoms with Gasteiger partial charge >= 0.3 is 0 Å². The molecule has 0 aromatic carbocycles. The number of nitrogens with one attached hydrogen (secondary N) is 1. The summed E-state index contributed by atoms with van der Waals surface area (Å²) in [4.78, 5) is 8.37. The van der Waals surface area contributed by atoms with Crippen LogP contribution in [0.1, 0.15) is 44.7 Å². The van der Waals surface area contributed by atoms with E-state index in [1.54, 1.807) is 0 Å². The van der Waals surface area contributed by atoms with Crippen molar-refractivity contribution in [3.8, 4) is 0 Å². The van der Waals surface area contributed by atoms with Crippen LogP contribution < -0.4 is 10.2 Å². The fourth-order valence-corrected chi connectivity index (χ4v) is 2.75. The number of aryl methyl sites for hydroxylation is 1. The first kappa shape index (κ1) is 14.5.